The third-order valence-corrected chi connectivity index (χ3v) is 26.6. The van der Waals surface area contributed by atoms with Crippen LogP contribution in [0.4, 0.5) is 0 Å². The quantitative estimate of drug-likeness (QED) is 0.126. The molecular formula is C123H121N7O4+4. The maximum Gasteiger partial charge on any atom is 0.227 e. The molecule has 11 aromatic heterocycles. The van der Waals surface area contributed by atoms with E-state index in [4.69, 9.17) is 83.0 Å². The third kappa shape index (κ3) is 13.2. The molecule has 11 heteroatoms. The Kier molecular flexibility index (Phi) is 11.3. The van der Waals surface area contributed by atoms with Gasteiger partial charge in [-0.1, -0.05) is 240 Å². The van der Waals surface area contributed by atoms with Gasteiger partial charge < -0.3 is 17.7 Å². The molecule has 0 N–H and O–H groups in total. The SMILES string of the molecule is [2H]C([2H])([2H])c1cc[n+](C)c(-c2c(C)ccc3c2oc2nc4c(cc23)-c2ccccc2C4(C([2H])(C([2H])([2H])[2H])C([2H])([2H])[2H])C([2H])(C([2H])([2H])[2H])C([2H])([2H])[2H])c1.[2H]C([2H])([2H])c1cc[n+](C)c(-c2c(C)ccc3c2oc2nc4c(cc23)-c2ccccc2C4(C([2H])([2H])C([2H])(C)C([2H])([2H])[2H])C([2H])([2H])C([2H])(C)C([2H])([2H])[2H])c1.[2H]C([2H])([2H])c1cc[n+](C)c(-c2c(C)ccc3c2oc2ncc4c(c23)C(C([2H])([2H])[2H])(C([2H])([2H])[2H])c2ccccc2-4)c1.[2H]C([2H])([2H])c1ccc(-c2c(C)ccc3c2oc2c4c(ccc23)C(C([2H])([2H])[2H])(C([2H])([2H])[2H])c2ccccc2-4)[n+](C)c1. The molecule has 20 aromatic rings. The average molecular weight is 1810 g/mol. The summed E-state index contributed by atoms with van der Waals surface area (Å²) < 4.78 is 457. The van der Waals surface area contributed by atoms with E-state index in [0.29, 0.717) is 105 Å². The number of furan rings is 4. The fourth-order valence-electron chi connectivity index (χ4n) is 20.6. The van der Waals surface area contributed by atoms with Crippen molar-refractivity contribution >= 4 is 88.1 Å². The zero-order valence-electron chi connectivity index (χ0n) is 124. The van der Waals surface area contributed by atoms with Crippen molar-refractivity contribution in [2.45, 2.75) is 172 Å². The summed E-state index contributed by atoms with van der Waals surface area (Å²) in [5.74, 6) is -14.1. The number of aryl methyl sites for hydroxylation is 12. The molecule has 4 aliphatic rings. The number of nitrogens with zero attached hydrogens (tertiary/aromatic N) is 7. The average Bonchev–Trinajstić information content (AvgIpc) is 1.44. The van der Waals surface area contributed by atoms with Gasteiger partial charge in [-0.2, -0.15) is 0 Å². The Balaban J connectivity index is 0.000000138. The van der Waals surface area contributed by atoms with Crippen LogP contribution in [0, 0.1) is 78.7 Å². The Morgan fingerprint density at radius 1 is 0.351 bits per heavy atom. The first-order chi connectivity index (χ1) is 84.3. The Labute approximate surface area is 857 Å². The summed E-state index contributed by atoms with van der Waals surface area (Å²) in [5, 5.41) is 4.02. The molecule has 0 saturated carbocycles. The summed E-state index contributed by atoms with van der Waals surface area (Å²) in [7, 11) is 7.01. The van der Waals surface area contributed by atoms with Gasteiger partial charge in [-0.3, -0.25) is 0 Å². The topological polar surface area (TPSA) is 107 Å². The van der Waals surface area contributed by atoms with Gasteiger partial charge in [-0.25, -0.2) is 33.2 Å². The fourth-order valence-corrected chi connectivity index (χ4v) is 20.6. The summed E-state index contributed by atoms with van der Waals surface area (Å²) in [6.07, 6.45) is 1.01. The van der Waals surface area contributed by atoms with Crippen molar-refractivity contribution in [1.82, 2.24) is 15.0 Å². The first kappa shape index (κ1) is 47.2. The minimum absolute atomic E-state index is 0.000568. The fraction of sp³-hybridized carbons (Fsp3) is 0.276. The molecular weight excluding hydrogens is 1640 g/mol. The lowest BCUT2D eigenvalue weighted by Gasteiger charge is -2.39. The van der Waals surface area contributed by atoms with Crippen LogP contribution in [0.15, 0.2) is 267 Å². The molecule has 24 rings (SSSR count). The third-order valence-electron chi connectivity index (χ3n) is 26.6. The minimum atomic E-state index is -3.99. The first-order valence-electron chi connectivity index (χ1n) is 68.3. The van der Waals surface area contributed by atoms with Crippen molar-refractivity contribution in [3.05, 3.63) is 339 Å². The van der Waals surface area contributed by atoms with E-state index in [1.54, 1.807) is 199 Å². The van der Waals surface area contributed by atoms with Gasteiger partial charge in [0.05, 0.1) is 39.0 Å². The molecule has 668 valence electrons. The predicted molar refractivity (Wildman–Crippen MR) is 549 cm³/mol. The Bertz CT molecular complexity index is 10400. The van der Waals surface area contributed by atoms with Crippen LogP contribution in [0.1, 0.15) is 253 Å². The van der Waals surface area contributed by atoms with Crippen LogP contribution >= 0.6 is 0 Å². The Morgan fingerprint density at radius 3 is 1.28 bits per heavy atom. The number of aromatic nitrogens is 7. The maximum atomic E-state index is 9.61. The molecule has 0 spiro atoms. The van der Waals surface area contributed by atoms with E-state index < -0.39 is 171 Å². The molecule has 11 heterocycles. The molecule has 2 unspecified atom stereocenters. The van der Waals surface area contributed by atoms with Gasteiger partial charge in [0.2, 0.25) is 39.9 Å². The number of rotatable bonds is 10. The largest absolute Gasteiger partial charge is 0.454 e. The van der Waals surface area contributed by atoms with Gasteiger partial charge in [-0.15, -0.1) is 0 Å². The summed E-state index contributed by atoms with van der Waals surface area (Å²) in [4.78, 5) is 13.9. The van der Waals surface area contributed by atoms with Crippen molar-refractivity contribution in [3.8, 4) is 89.5 Å². The van der Waals surface area contributed by atoms with E-state index in [-0.39, 0.29) is 106 Å². The van der Waals surface area contributed by atoms with Crippen LogP contribution < -0.4 is 18.3 Å². The van der Waals surface area contributed by atoms with E-state index in [1.165, 1.54) is 72.9 Å². The van der Waals surface area contributed by atoms with Gasteiger partial charge in [-0.05, 0) is 204 Å². The Morgan fingerprint density at radius 2 is 0.769 bits per heavy atom. The van der Waals surface area contributed by atoms with Crippen molar-refractivity contribution in [1.29, 1.82) is 0 Å². The second kappa shape index (κ2) is 32.0. The second-order valence-corrected chi connectivity index (χ2v) is 35.1. The molecule has 4 aliphatic carbocycles. The molecule has 134 heavy (non-hydrogen) atoms. The summed E-state index contributed by atoms with van der Waals surface area (Å²) in [6.45, 7) is -34.4. The second-order valence-electron chi connectivity index (χ2n) is 35.1. The molecule has 2 atom stereocenters. The summed E-state index contributed by atoms with van der Waals surface area (Å²) >= 11 is 0. The smallest absolute Gasteiger partial charge is 0.227 e. The Hall–Kier alpha value is -13.8. The predicted octanol–water partition coefficient (Wildman–Crippen LogP) is 29.5. The van der Waals surface area contributed by atoms with Gasteiger partial charge in [0.25, 0.3) is 0 Å². The number of benzene rings is 9. The number of hydrogen-bond donors (Lipinski definition) is 0. The summed E-state index contributed by atoms with van der Waals surface area (Å²) in [6, 6.07) is 58.2. The van der Waals surface area contributed by atoms with Crippen molar-refractivity contribution in [2.24, 2.45) is 51.8 Å². The zero-order valence-corrected chi connectivity index (χ0v) is 74.4. The highest BCUT2D eigenvalue weighted by molar-refractivity contribution is 6.17. The van der Waals surface area contributed by atoms with Crippen LogP contribution in [-0.2, 0) is 49.9 Å². The van der Waals surface area contributed by atoms with Crippen LogP contribution in [0.5, 0.6) is 0 Å². The number of pyridine rings is 7. The lowest BCUT2D eigenvalue weighted by Crippen LogP contribution is -2.38. The molecule has 0 radical (unpaired) electrons. The molecule has 0 fully saturated rings. The van der Waals surface area contributed by atoms with E-state index in [9.17, 15) is 8.22 Å². The highest BCUT2D eigenvalue weighted by Crippen LogP contribution is 2.61. The number of hydrogen-bond acceptors (Lipinski definition) is 7. The van der Waals surface area contributed by atoms with E-state index in [0.717, 1.165) is 58.6 Å². The minimum Gasteiger partial charge on any atom is -0.454 e. The van der Waals surface area contributed by atoms with Crippen LogP contribution in [0.3, 0.4) is 0 Å². The van der Waals surface area contributed by atoms with Crippen molar-refractivity contribution in [2.75, 3.05) is 0 Å². The maximum absolute atomic E-state index is 9.61. The first-order valence-corrected chi connectivity index (χ1v) is 43.3. The van der Waals surface area contributed by atoms with Gasteiger partial charge >= 0.3 is 0 Å². The lowest BCUT2D eigenvalue weighted by atomic mass is 9.64. The van der Waals surface area contributed by atoms with E-state index >= 15 is 0 Å². The van der Waals surface area contributed by atoms with E-state index in [1.807, 2.05) is 45.0 Å². The highest BCUT2D eigenvalue weighted by Gasteiger charge is 2.51. The zero-order chi connectivity index (χ0) is 136. The van der Waals surface area contributed by atoms with Gasteiger partial charge in [0.1, 0.15) is 39.4 Å². The van der Waals surface area contributed by atoms with Crippen LogP contribution in [-0.4, -0.2) is 15.0 Å². The monoisotopic (exact) mass is 1810 g/mol. The van der Waals surface area contributed by atoms with Crippen molar-refractivity contribution in [3.63, 3.8) is 0 Å². The van der Waals surface area contributed by atoms with E-state index in [2.05, 4.69) is 9.97 Å². The van der Waals surface area contributed by atoms with Gasteiger partial charge in [0, 0.05) is 204 Å². The normalized spacial score (nSPS) is 23.0. The summed E-state index contributed by atoms with van der Waals surface area (Å²) in [5.41, 5.74) is 0.0530. The van der Waals surface area contributed by atoms with Crippen molar-refractivity contribution < 1.29 is 104 Å². The van der Waals surface area contributed by atoms with Crippen LogP contribution in [0.2, 0.25) is 0 Å². The molecule has 0 saturated heterocycles. The van der Waals surface area contributed by atoms with Crippen LogP contribution in [0.25, 0.3) is 178 Å². The molecule has 11 nitrogen and oxygen atoms in total. The molecule has 0 bridgehead atoms. The lowest BCUT2D eigenvalue weighted by molar-refractivity contribution is -0.660. The molecule has 9 aromatic carbocycles. The molecule has 0 aliphatic heterocycles. The molecule has 0 amide bonds. The standard InChI is InChI=1S/C34H37N2O.C32H33N2O.C29H26NO.C28H25N2O/c1-20(2)18-34(19-21(3)4)28-11-9-8-10-24(28)26-17-27-25-13-12-23(6)30(29-16-22(5)14-15-36(29)7)31(25)37-33(27)35-32(26)34;1-18(2)32(19(3)4)26-11-9-8-10-22(26)24-17-25-23-13-12-21(6)28(27-16-20(5)14-15-34(27)7)29(23)35-31(25)33-30(24)32;1-17-10-15-24(30(5)16-17)25-18(2)11-12-19-20-13-14-23-26(28(20)31-27(19)25)21-8-6-7-9-22(21)29(23,3)4;1-16-12-13-30(5)22(14-16)23-17(2)10-11-19-24-25-20(15-29-27(24)31-26(19)23)18-8-6-7-9-21(18)28(25,3)4/h8-17,20-21H,18-19H2,1-7H3;8-19H,1-7H3;6-16H,1-5H3;6-15H,1-5H3/q4*+1/i1D3,3D3,5D3,18D2,19D2,20D,21D;1D3,2D3,3D3,4D3,5D3,18D,19D;2*1D3,3D3,4D3. The number of fused-ring (bicyclic) bond motifs is 26. The van der Waals surface area contributed by atoms with Gasteiger partial charge in [0.15, 0.2) is 41.5 Å². The highest BCUT2D eigenvalue weighted by atomic mass is 16.4.